The Balaban J connectivity index is 1.07. The third kappa shape index (κ3) is 5.32. The molecule has 0 aliphatic carbocycles. The van der Waals surface area contributed by atoms with E-state index in [2.05, 4.69) is 57.5 Å². The van der Waals surface area contributed by atoms with Gasteiger partial charge in [-0.2, -0.15) is 4.98 Å². The first-order valence-corrected chi connectivity index (χ1v) is 12.4. The van der Waals surface area contributed by atoms with Crippen molar-refractivity contribution < 1.29 is 4.79 Å². The summed E-state index contributed by atoms with van der Waals surface area (Å²) in [6.07, 6.45) is 7.45. The van der Waals surface area contributed by atoms with Crippen molar-refractivity contribution in [1.29, 1.82) is 0 Å². The number of hydrogen-bond acceptors (Lipinski definition) is 9. The van der Waals surface area contributed by atoms with Gasteiger partial charge in [-0.3, -0.25) is 4.79 Å². The highest BCUT2D eigenvalue weighted by atomic mass is 16.1. The number of aryl methyl sites for hydroxylation is 1. The van der Waals surface area contributed by atoms with Gasteiger partial charge in [-0.25, -0.2) is 19.9 Å². The fourth-order valence-corrected chi connectivity index (χ4v) is 4.62. The maximum absolute atomic E-state index is 11.7. The highest BCUT2D eigenvalue weighted by molar-refractivity contribution is 5.94. The first-order valence-electron chi connectivity index (χ1n) is 12.4. The van der Waals surface area contributed by atoms with Crippen molar-refractivity contribution in [3.63, 3.8) is 0 Å². The summed E-state index contributed by atoms with van der Waals surface area (Å²) in [6, 6.07) is 16.3. The maximum atomic E-state index is 11.7. The van der Waals surface area contributed by atoms with E-state index in [-0.39, 0.29) is 5.91 Å². The fraction of sp³-hybridized carbons (Fsp3) is 0.259. The number of anilines is 5. The number of carbonyl (C=O) groups excluding carboxylic acids is 1. The highest BCUT2D eigenvalue weighted by Gasteiger charge is 2.21. The molecule has 1 amide bonds. The number of aromatic nitrogens is 5. The molecule has 2 aliphatic rings. The van der Waals surface area contributed by atoms with Gasteiger partial charge >= 0.3 is 0 Å². The van der Waals surface area contributed by atoms with Crippen LogP contribution in [0.1, 0.15) is 23.1 Å². The van der Waals surface area contributed by atoms with Gasteiger partial charge in [0.15, 0.2) is 0 Å². The van der Waals surface area contributed by atoms with Gasteiger partial charge in [0.25, 0.3) is 0 Å². The van der Waals surface area contributed by atoms with Crippen LogP contribution in [0.2, 0.25) is 0 Å². The summed E-state index contributed by atoms with van der Waals surface area (Å²) in [6.45, 7) is 3.06. The van der Waals surface area contributed by atoms with Gasteiger partial charge in [0.1, 0.15) is 6.33 Å². The highest BCUT2D eigenvalue weighted by Crippen LogP contribution is 2.27. The number of benzene rings is 2. The van der Waals surface area contributed by atoms with Gasteiger partial charge in [-0.15, -0.1) is 0 Å². The van der Waals surface area contributed by atoms with Crippen molar-refractivity contribution >= 4 is 35.1 Å². The quantitative estimate of drug-likeness (QED) is 0.418. The molecule has 2 aromatic heterocycles. The standard InChI is InChI=1S/C27H27N9O/c37-24-9-7-21-6-8-22(15-23(21)33-24)32-25-30-18-31-27(34-25)36-12-10-35(11-13-36)26-28-16-20(17-29-26)14-19-4-2-1-3-5-19/h1-6,8,15-18H,7,9-14H2,(H,33,37)(H,30,31,32,34). The first-order chi connectivity index (χ1) is 18.2. The molecule has 4 aromatic rings. The van der Waals surface area contributed by atoms with Crippen molar-refractivity contribution in [2.24, 2.45) is 0 Å². The van der Waals surface area contributed by atoms with Crippen LogP contribution < -0.4 is 20.4 Å². The number of carbonyl (C=O) groups is 1. The third-order valence-electron chi connectivity index (χ3n) is 6.61. The minimum absolute atomic E-state index is 0.0415. The second-order valence-electron chi connectivity index (χ2n) is 9.18. The van der Waals surface area contributed by atoms with Crippen molar-refractivity contribution in [2.75, 3.05) is 46.6 Å². The predicted octanol–water partition coefficient (Wildman–Crippen LogP) is 3.21. The van der Waals surface area contributed by atoms with E-state index in [0.29, 0.717) is 18.3 Å². The van der Waals surface area contributed by atoms with Crippen LogP contribution in [0.25, 0.3) is 0 Å². The van der Waals surface area contributed by atoms with E-state index >= 15 is 0 Å². The number of hydrogen-bond donors (Lipinski definition) is 2. The molecule has 0 spiro atoms. The lowest BCUT2D eigenvalue weighted by atomic mass is 10.0. The van der Waals surface area contributed by atoms with Gasteiger partial charge in [-0.05, 0) is 35.2 Å². The van der Waals surface area contributed by atoms with Crippen LogP contribution >= 0.6 is 0 Å². The molecule has 6 rings (SSSR count). The Morgan fingerprint density at radius 3 is 2.35 bits per heavy atom. The van der Waals surface area contributed by atoms with Crippen LogP contribution in [0.4, 0.5) is 29.2 Å². The van der Waals surface area contributed by atoms with Crippen LogP contribution in [-0.2, 0) is 17.6 Å². The topological polar surface area (TPSA) is 112 Å². The van der Waals surface area contributed by atoms with Gasteiger partial charge in [0.2, 0.25) is 23.8 Å². The number of rotatable bonds is 6. The molecule has 1 saturated heterocycles. The molecule has 2 aliphatic heterocycles. The smallest absolute Gasteiger partial charge is 0.231 e. The van der Waals surface area contributed by atoms with Gasteiger partial charge in [-0.1, -0.05) is 36.4 Å². The van der Waals surface area contributed by atoms with E-state index in [9.17, 15) is 4.79 Å². The lowest BCUT2D eigenvalue weighted by Gasteiger charge is -2.34. The lowest BCUT2D eigenvalue weighted by molar-refractivity contribution is -0.116. The van der Waals surface area contributed by atoms with Crippen molar-refractivity contribution in [3.05, 3.63) is 83.9 Å². The van der Waals surface area contributed by atoms with E-state index < -0.39 is 0 Å². The van der Waals surface area contributed by atoms with E-state index in [0.717, 1.165) is 67.5 Å². The average molecular weight is 494 g/mol. The Labute approximate surface area is 214 Å². The minimum Gasteiger partial charge on any atom is -0.337 e. The Kier molecular flexibility index (Phi) is 6.28. The van der Waals surface area contributed by atoms with E-state index in [1.165, 1.54) is 11.9 Å². The van der Waals surface area contributed by atoms with Gasteiger partial charge < -0.3 is 20.4 Å². The molecule has 0 unspecified atom stereocenters. The molecule has 2 aromatic carbocycles. The van der Waals surface area contributed by atoms with E-state index in [1.807, 2.05) is 48.8 Å². The molecule has 0 radical (unpaired) electrons. The molecule has 0 saturated carbocycles. The first kappa shape index (κ1) is 22.8. The third-order valence-corrected chi connectivity index (χ3v) is 6.61. The summed E-state index contributed by atoms with van der Waals surface area (Å²) in [4.78, 5) is 38.6. The zero-order valence-electron chi connectivity index (χ0n) is 20.3. The van der Waals surface area contributed by atoms with Crippen LogP contribution in [0.3, 0.4) is 0 Å². The molecule has 0 bridgehead atoms. The number of amides is 1. The van der Waals surface area contributed by atoms with Crippen LogP contribution in [0, 0.1) is 0 Å². The Hall–Kier alpha value is -4.60. The molecule has 186 valence electrons. The summed E-state index contributed by atoms with van der Waals surface area (Å²) >= 11 is 0. The Morgan fingerprint density at radius 1 is 0.811 bits per heavy atom. The summed E-state index contributed by atoms with van der Waals surface area (Å²) < 4.78 is 0. The molecule has 4 heterocycles. The molecule has 10 heteroatoms. The molecular weight excluding hydrogens is 466 g/mol. The monoisotopic (exact) mass is 493 g/mol. The Bertz CT molecular complexity index is 1390. The number of nitrogens with zero attached hydrogens (tertiary/aromatic N) is 7. The second-order valence-corrected chi connectivity index (χ2v) is 9.18. The van der Waals surface area contributed by atoms with Gasteiger partial charge in [0.05, 0.1) is 0 Å². The second kappa shape index (κ2) is 10.2. The number of piperazine rings is 1. The van der Waals surface area contributed by atoms with Crippen LogP contribution in [0.15, 0.2) is 67.3 Å². The molecule has 2 N–H and O–H groups in total. The van der Waals surface area contributed by atoms with Crippen LogP contribution in [0.5, 0.6) is 0 Å². The normalized spacial score (nSPS) is 15.2. The molecule has 1 fully saturated rings. The van der Waals surface area contributed by atoms with Gasteiger partial charge in [0, 0.05) is 62.8 Å². The van der Waals surface area contributed by atoms with Crippen LogP contribution in [-0.4, -0.2) is 57.0 Å². The Morgan fingerprint density at radius 2 is 1.57 bits per heavy atom. The molecule has 0 atom stereocenters. The molecule has 10 nitrogen and oxygen atoms in total. The minimum atomic E-state index is 0.0415. The summed E-state index contributed by atoms with van der Waals surface area (Å²) in [5.74, 6) is 1.88. The summed E-state index contributed by atoms with van der Waals surface area (Å²) in [7, 11) is 0. The van der Waals surface area contributed by atoms with Crippen molar-refractivity contribution in [1.82, 2.24) is 24.9 Å². The van der Waals surface area contributed by atoms with Crippen molar-refractivity contribution in [3.8, 4) is 0 Å². The average Bonchev–Trinajstić information content (AvgIpc) is 2.94. The predicted molar refractivity (Wildman–Crippen MR) is 142 cm³/mol. The number of fused-ring (bicyclic) bond motifs is 1. The van der Waals surface area contributed by atoms with Crippen molar-refractivity contribution in [2.45, 2.75) is 19.3 Å². The fourth-order valence-electron chi connectivity index (χ4n) is 4.62. The zero-order chi connectivity index (χ0) is 25.0. The molecular formula is C27H27N9O. The SMILES string of the molecule is O=C1CCc2ccc(Nc3ncnc(N4CCN(c5ncc(Cc6ccccc6)cn5)CC4)n3)cc2N1. The number of nitrogens with one attached hydrogen (secondary N) is 2. The van der Waals surface area contributed by atoms with E-state index in [4.69, 9.17) is 0 Å². The molecule has 37 heavy (non-hydrogen) atoms. The van der Waals surface area contributed by atoms with E-state index in [1.54, 1.807) is 0 Å². The lowest BCUT2D eigenvalue weighted by Crippen LogP contribution is -2.47. The summed E-state index contributed by atoms with van der Waals surface area (Å²) in [5, 5.41) is 6.16. The summed E-state index contributed by atoms with van der Waals surface area (Å²) in [5.41, 5.74) is 5.13. The maximum Gasteiger partial charge on any atom is 0.231 e. The zero-order valence-corrected chi connectivity index (χ0v) is 20.3. The largest absolute Gasteiger partial charge is 0.337 e.